The number of carboxylic acid groups (broad SMARTS) is 1. The van der Waals surface area contributed by atoms with Gasteiger partial charge in [-0.25, -0.2) is 4.79 Å². The third-order valence-corrected chi connectivity index (χ3v) is 5.18. The molecule has 0 aromatic heterocycles. The Hall–Kier alpha value is -2.82. The molecule has 1 fully saturated rings. The van der Waals surface area contributed by atoms with Crippen LogP contribution in [0.25, 0.3) is 11.1 Å². The molecule has 5 heteroatoms. The van der Waals surface area contributed by atoms with Crippen molar-refractivity contribution in [2.75, 3.05) is 18.4 Å². The molecule has 1 saturated heterocycles. The Kier molecular flexibility index (Phi) is 3.92. The topological polar surface area (TPSA) is 69.6 Å². The smallest absolute Gasteiger partial charge is 0.321 e. The van der Waals surface area contributed by atoms with E-state index in [0.717, 1.165) is 12.1 Å². The highest BCUT2D eigenvalue weighted by Gasteiger charge is 2.27. The van der Waals surface area contributed by atoms with E-state index in [1.807, 2.05) is 24.3 Å². The number of anilines is 1. The maximum absolute atomic E-state index is 12.4. The molecule has 2 aromatic carbocycles. The first-order valence-electron chi connectivity index (χ1n) is 8.62. The van der Waals surface area contributed by atoms with Gasteiger partial charge in [0, 0.05) is 18.8 Å². The van der Waals surface area contributed by atoms with Crippen molar-refractivity contribution in [2.24, 2.45) is 5.92 Å². The number of urea groups is 1. The van der Waals surface area contributed by atoms with E-state index in [9.17, 15) is 9.59 Å². The maximum atomic E-state index is 12.4. The van der Waals surface area contributed by atoms with Crippen molar-refractivity contribution in [2.45, 2.75) is 19.3 Å². The minimum absolute atomic E-state index is 0.153. The molecule has 2 amide bonds. The first-order valence-corrected chi connectivity index (χ1v) is 8.62. The SMILES string of the molecule is O=C(O)C1CCN(C(=O)Nc2ccc3c(c2)Cc2ccccc2-3)CC1. The van der Waals surface area contributed by atoms with E-state index in [-0.39, 0.29) is 11.9 Å². The van der Waals surface area contributed by atoms with Gasteiger partial charge in [-0.15, -0.1) is 0 Å². The number of aliphatic carboxylic acids is 1. The summed E-state index contributed by atoms with van der Waals surface area (Å²) in [5.41, 5.74) is 5.83. The molecule has 0 radical (unpaired) electrons. The monoisotopic (exact) mass is 336 g/mol. The molecule has 4 rings (SSSR count). The predicted octanol–water partition coefficient (Wildman–Crippen LogP) is 3.59. The number of benzene rings is 2. The lowest BCUT2D eigenvalue weighted by Crippen LogP contribution is -2.42. The Morgan fingerprint density at radius 2 is 1.72 bits per heavy atom. The van der Waals surface area contributed by atoms with Gasteiger partial charge in [0.2, 0.25) is 0 Å². The second-order valence-corrected chi connectivity index (χ2v) is 6.74. The van der Waals surface area contributed by atoms with E-state index >= 15 is 0 Å². The van der Waals surface area contributed by atoms with Gasteiger partial charge in [-0.05, 0) is 53.6 Å². The summed E-state index contributed by atoms with van der Waals surface area (Å²) in [6, 6.07) is 14.2. The number of hydrogen-bond donors (Lipinski definition) is 2. The number of amides is 2. The average molecular weight is 336 g/mol. The molecular weight excluding hydrogens is 316 g/mol. The van der Waals surface area contributed by atoms with Crippen molar-refractivity contribution in [3.8, 4) is 11.1 Å². The minimum atomic E-state index is -0.766. The van der Waals surface area contributed by atoms with Crippen LogP contribution < -0.4 is 5.32 Å². The van der Waals surface area contributed by atoms with Crippen LogP contribution in [0, 0.1) is 5.92 Å². The van der Waals surface area contributed by atoms with Gasteiger partial charge in [-0.3, -0.25) is 4.79 Å². The second-order valence-electron chi connectivity index (χ2n) is 6.74. The van der Waals surface area contributed by atoms with Gasteiger partial charge in [0.25, 0.3) is 0 Å². The van der Waals surface area contributed by atoms with Crippen LogP contribution in [0.5, 0.6) is 0 Å². The molecule has 1 aliphatic heterocycles. The number of nitrogens with one attached hydrogen (secondary N) is 1. The molecule has 0 saturated carbocycles. The zero-order chi connectivity index (χ0) is 17.4. The summed E-state index contributed by atoms with van der Waals surface area (Å²) >= 11 is 0. The zero-order valence-corrected chi connectivity index (χ0v) is 13.9. The van der Waals surface area contributed by atoms with Crippen molar-refractivity contribution in [1.29, 1.82) is 0 Å². The highest BCUT2D eigenvalue weighted by atomic mass is 16.4. The van der Waals surface area contributed by atoms with Crippen LogP contribution in [0.2, 0.25) is 0 Å². The lowest BCUT2D eigenvalue weighted by Gasteiger charge is -2.30. The second kappa shape index (κ2) is 6.24. The minimum Gasteiger partial charge on any atom is -0.481 e. The van der Waals surface area contributed by atoms with Gasteiger partial charge in [0.1, 0.15) is 0 Å². The van der Waals surface area contributed by atoms with E-state index in [2.05, 4.69) is 23.5 Å². The quantitative estimate of drug-likeness (QED) is 0.751. The molecule has 2 N–H and O–H groups in total. The fourth-order valence-electron chi connectivity index (χ4n) is 3.75. The number of fused-ring (bicyclic) bond motifs is 3. The van der Waals surface area contributed by atoms with Gasteiger partial charge in [-0.1, -0.05) is 30.3 Å². The van der Waals surface area contributed by atoms with E-state index in [1.165, 1.54) is 22.3 Å². The molecule has 5 nitrogen and oxygen atoms in total. The van der Waals surface area contributed by atoms with Crippen LogP contribution >= 0.6 is 0 Å². The normalized spacial score (nSPS) is 16.2. The van der Waals surface area contributed by atoms with Gasteiger partial charge in [0.05, 0.1) is 5.92 Å². The molecule has 0 atom stereocenters. The van der Waals surface area contributed by atoms with Crippen LogP contribution in [0.4, 0.5) is 10.5 Å². The van der Waals surface area contributed by atoms with Gasteiger partial charge >= 0.3 is 12.0 Å². The summed E-state index contributed by atoms with van der Waals surface area (Å²) in [5.74, 6) is -1.10. The average Bonchev–Trinajstić information content (AvgIpc) is 2.99. The number of carbonyl (C=O) groups is 2. The molecule has 25 heavy (non-hydrogen) atoms. The van der Waals surface area contributed by atoms with Crippen molar-refractivity contribution >= 4 is 17.7 Å². The number of likely N-dealkylation sites (tertiary alicyclic amines) is 1. The molecule has 0 unspecified atom stereocenters. The van der Waals surface area contributed by atoms with E-state index < -0.39 is 5.97 Å². The Morgan fingerprint density at radius 1 is 1.00 bits per heavy atom. The van der Waals surface area contributed by atoms with E-state index in [0.29, 0.717) is 25.9 Å². The number of carboxylic acids is 1. The Balaban J connectivity index is 1.43. The molecule has 128 valence electrons. The summed E-state index contributed by atoms with van der Waals surface area (Å²) < 4.78 is 0. The van der Waals surface area contributed by atoms with Crippen molar-refractivity contribution in [1.82, 2.24) is 4.90 Å². The van der Waals surface area contributed by atoms with Crippen LogP contribution in [-0.4, -0.2) is 35.1 Å². The molecule has 0 spiro atoms. The Bertz CT molecular complexity index is 839. The molecule has 2 aromatic rings. The molecule has 0 bridgehead atoms. The van der Waals surface area contributed by atoms with Crippen LogP contribution in [-0.2, 0) is 11.2 Å². The van der Waals surface area contributed by atoms with E-state index in [4.69, 9.17) is 5.11 Å². The van der Waals surface area contributed by atoms with Crippen molar-refractivity contribution in [3.05, 3.63) is 53.6 Å². The maximum Gasteiger partial charge on any atom is 0.321 e. The van der Waals surface area contributed by atoms with Gasteiger partial charge in [-0.2, -0.15) is 0 Å². The fourth-order valence-corrected chi connectivity index (χ4v) is 3.75. The predicted molar refractivity (Wildman–Crippen MR) is 95.6 cm³/mol. The number of piperidine rings is 1. The highest BCUT2D eigenvalue weighted by Crippen LogP contribution is 2.37. The largest absolute Gasteiger partial charge is 0.481 e. The number of carbonyl (C=O) groups excluding carboxylic acids is 1. The summed E-state index contributed by atoms with van der Waals surface area (Å²) in [7, 11) is 0. The number of rotatable bonds is 2. The van der Waals surface area contributed by atoms with Crippen LogP contribution in [0.3, 0.4) is 0 Å². The lowest BCUT2D eigenvalue weighted by atomic mass is 9.97. The van der Waals surface area contributed by atoms with Crippen LogP contribution in [0.15, 0.2) is 42.5 Å². The Morgan fingerprint density at radius 3 is 2.48 bits per heavy atom. The standard InChI is InChI=1S/C20H20N2O3/c23-19(24)13-7-9-22(10-8-13)20(25)21-16-5-6-18-15(12-16)11-14-3-1-2-4-17(14)18/h1-6,12-13H,7-11H2,(H,21,25)(H,23,24). The summed E-state index contributed by atoms with van der Waals surface area (Å²) in [5, 5.41) is 12.0. The molecule has 1 heterocycles. The number of hydrogen-bond acceptors (Lipinski definition) is 2. The summed E-state index contributed by atoms with van der Waals surface area (Å²) in [6.07, 6.45) is 1.92. The molecule has 1 aliphatic carbocycles. The van der Waals surface area contributed by atoms with Crippen molar-refractivity contribution in [3.63, 3.8) is 0 Å². The first-order chi connectivity index (χ1) is 12.1. The zero-order valence-electron chi connectivity index (χ0n) is 13.9. The van der Waals surface area contributed by atoms with Gasteiger partial charge < -0.3 is 15.3 Å². The number of nitrogens with zero attached hydrogens (tertiary/aromatic N) is 1. The third kappa shape index (κ3) is 2.97. The van der Waals surface area contributed by atoms with Gasteiger partial charge in [0.15, 0.2) is 0 Å². The summed E-state index contributed by atoms with van der Waals surface area (Å²) in [4.78, 5) is 25.1. The molecular formula is C20H20N2O3. The Labute approximate surface area is 146 Å². The highest BCUT2D eigenvalue weighted by molar-refractivity contribution is 5.90. The van der Waals surface area contributed by atoms with Crippen LogP contribution in [0.1, 0.15) is 24.0 Å². The fraction of sp³-hybridized carbons (Fsp3) is 0.300. The first kappa shape index (κ1) is 15.7. The lowest BCUT2D eigenvalue weighted by molar-refractivity contribution is -0.143. The summed E-state index contributed by atoms with van der Waals surface area (Å²) in [6.45, 7) is 0.971. The van der Waals surface area contributed by atoms with Crippen molar-refractivity contribution < 1.29 is 14.7 Å². The van der Waals surface area contributed by atoms with E-state index in [1.54, 1.807) is 4.90 Å². The third-order valence-electron chi connectivity index (χ3n) is 5.18. The molecule has 2 aliphatic rings.